The number of carboxylic acids is 1. The monoisotopic (exact) mass is 282 g/mol. The van der Waals surface area contributed by atoms with E-state index in [1.165, 1.54) is 6.42 Å². The van der Waals surface area contributed by atoms with E-state index in [9.17, 15) is 14.7 Å². The summed E-state index contributed by atoms with van der Waals surface area (Å²) in [6.07, 6.45) is 4.95. The van der Waals surface area contributed by atoms with Gasteiger partial charge >= 0.3 is 5.97 Å². The van der Waals surface area contributed by atoms with Crippen molar-refractivity contribution in [2.45, 2.75) is 58.0 Å². The van der Waals surface area contributed by atoms with Crippen molar-refractivity contribution in [1.29, 1.82) is 0 Å². The second-order valence-electron chi connectivity index (χ2n) is 6.16. The predicted molar refractivity (Wildman–Crippen MR) is 76.3 cm³/mol. The van der Waals surface area contributed by atoms with Gasteiger partial charge in [-0.1, -0.05) is 26.7 Å². The van der Waals surface area contributed by atoms with E-state index in [1.54, 1.807) is 4.90 Å². The van der Waals surface area contributed by atoms with Gasteiger partial charge < -0.3 is 15.3 Å². The summed E-state index contributed by atoms with van der Waals surface area (Å²) in [5, 5.41) is 12.6. The van der Waals surface area contributed by atoms with Crippen LogP contribution >= 0.6 is 0 Å². The largest absolute Gasteiger partial charge is 0.480 e. The van der Waals surface area contributed by atoms with E-state index in [1.807, 2.05) is 13.8 Å². The molecule has 1 aliphatic heterocycles. The number of hydrogen-bond acceptors (Lipinski definition) is 3. The SMILES string of the molecule is CCNCC(C)C(=O)N1C(C(=O)O)CC2CCCCC21. The third-order valence-corrected chi connectivity index (χ3v) is 4.75. The second-order valence-corrected chi connectivity index (χ2v) is 6.16. The van der Waals surface area contributed by atoms with Crippen LogP contribution in [0.25, 0.3) is 0 Å². The fourth-order valence-electron chi connectivity index (χ4n) is 3.70. The molecule has 114 valence electrons. The van der Waals surface area contributed by atoms with Gasteiger partial charge in [-0.15, -0.1) is 0 Å². The molecule has 20 heavy (non-hydrogen) atoms. The molecule has 1 saturated carbocycles. The molecule has 2 fully saturated rings. The summed E-state index contributed by atoms with van der Waals surface area (Å²) < 4.78 is 0. The summed E-state index contributed by atoms with van der Waals surface area (Å²) in [5.74, 6) is -0.603. The van der Waals surface area contributed by atoms with Gasteiger partial charge in [0, 0.05) is 18.5 Å². The number of aliphatic carboxylic acids is 1. The summed E-state index contributed by atoms with van der Waals surface area (Å²) in [7, 11) is 0. The molecule has 0 aromatic heterocycles. The Morgan fingerprint density at radius 1 is 1.35 bits per heavy atom. The maximum Gasteiger partial charge on any atom is 0.326 e. The van der Waals surface area contributed by atoms with E-state index >= 15 is 0 Å². The summed E-state index contributed by atoms with van der Waals surface area (Å²) in [6.45, 7) is 5.34. The van der Waals surface area contributed by atoms with Crippen molar-refractivity contribution in [2.24, 2.45) is 11.8 Å². The average Bonchev–Trinajstić information content (AvgIpc) is 2.83. The lowest BCUT2D eigenvalue weighted by molar-refractivity contribution is -0.151. The Kier molecular flexibility index (Phi) is 5.02. The van der Waals surface area contributed by atoms with Crippen LogP contribution in [0, 0.1) is 11.8 Å². The van der Waals surface area contributed by atoms with Crippen LogP contribution < -0.4 is 5.32 Å². The van der Waals surface area contributed by atoms with Gasteiger partial charge in [-0.25, -0.2) is 4.79 Å². The van der Waals surface area contributed by atoms with Crippen LogP contribution in [0.4, 0.5) is 0 Å². The van der Waals surface area contributed by atoms with Crippen LogP contribution in [0.1, 0.15) is 46.0 Å². The summed E-state index contributed by atoms with van der Waals surface area (Å²) in [5.41, 5.74) is 0. The van der Waals surface area contributed by atoms with Crippen LogP contribution in [0.15, 0.2) is 0 Å². The first-order valence-electron chi connectivity index (χ1n) is 7.82. The number of hydrogen-bond donors (Lipinski definition) is 2. The van der Waals surface area contributed by atoms with Crippen molar-refractivity contribution >= 4 is 11.9 Å². The van der Waals surface area contributed by atoms with E-state index in [0.717, 1.165) is 25.8 Å². The molecule has 1 amide bonds. The van der Waals surface area contributed by atoms with Crippen LogP contribution in [0.3, 0.4) is 0 Å². The third-order valence-electron chi connectivity index (χ3n) is 4.75. The highest BCUT2D eigenvalue weighted by Gasteiger charge is 2.48. The topological polar surface area (TPSA) is 69.6 Å². The van der Waals surface area contributed by atoms with E-state index in [2.05, 4.69) is 5.32 Å². The number of fused-ring (bicyclic) bond motifs is 1. The number of nitrogens with zero attached hydrogens (tertiary/aromatic N) is 1. The molecule has 5 heteroatoms. The third kappa shape index (κ3) is 2.97. The zero-order valence-corrected chi connectivity index (χ0v) is 12.5. The van der Waals surface area contributed by atoms with E-state index < -0.39 is 12.0 Å². The molecule has 0 bridgehead atoms. The number of likely N-dealkylation sites (tertiary alicyclic amines) is 1. The number of carbonyl (C=O) groups excluding carboxylic acids is 1. The molecule has 0 radical (unpaired) electrons. The smallest absolute Gasteiger partial charge is 0.326 e. The normalized spacial score (nSPS) is 30.9. The fraction of sp³-hybridized carbons (Fsp3) is 0.867. The summed E-state index contributed by atoms with van der Waals surface area (Å²) in [4.78, 5) is 25.8. The molecule has 1 saturated heterocycles. The standard InChI is InChI=1S/C15H26N2O3/c1-3-16-9-10(2)14(18)17-12-7-5-4-6-11(12)8-13(17)15(19)20/h10-13,16H,3-9H2,1-2H3,(H,19,20). The number of carbonyl (C=O) groups is 2. The molecule has 2 aliphatic rings. The molecule has 4 atom stereocenters. The van der Waals surface area contributed by atoms with Crippen molar-refractivity contribution < 1.29 is 14.7 Å². The Bertz CT molecular complexity index is 372. The van der Waals surface area contributed by atoms with Crippen LogP contribution in [-0.2, 0) is 9.59 Å². The lowest BCUT2D eigenvalue weighted by atomic mass is 9.84. The van der Waals surface area contributed by atoms with Crippen LogP contribution in [0.2, 0.25) is 0 Å². The molecule has 1 heterocycles. The average molecular weight is 282 g/mol. The lowest BCUT2D eigenvalue weighted by Crippen LogP contribution is -2.49. The maximum absolute atomic E-state index is 12.6. The summed E-state index contributed by atoms with van der Waals surface area (Å²) >= 11 is 0. The van der Waals surface area contributed by atoms with Gasteiger partial charge in [0.2, 0.25) is 5.91 Å². The highest BCUT2D eigenvalue weighted by atomic mass is 16.4. The molecule has 1 aliphatic carbocycles. The van der Waals surface area contributed by atoms with Gasteiger partial charge in [0.1, 0.15) is 6.04 Å². The van der Waals surface area contributed by atoms with Gasteiger partial charge in [-0.05, 0) is 31.7 Å². The van der Waals surface area contributed by atoms with Gasteiger partial charge in [0.25, 0.3) is 0 Å². The van der Waals surface area contributed by atoms with Crippen molar-refractivity contribution in [3.8, 4) is 0 Å². The van der Waals surface area contributed by atoms with E-state index in [-0.39, 0.29) is 17.9 Å². The number of carboxylic acid groups (broad SMARTS) is 1. The van der Waals surface area contributed by atoms with Crippen LogP contribution in [0.5, 0.6) is 0 Å². The van der Waals surface area contributed by atoms with Gasteiger partial charge in [-0.2, -0.15) is 0 Å². The van der Waals surface area contributed by atoms with E-state index in [0.29, 0.717) is 18.9 Å². The molecule has 2 rings (SSSR count). The summed E-state index contributed by atoms with van der Waals surface area (Å²) in [6, 6.07) is -0.457. The molecule has 4 unspecified atom stereocenters. The molecular weight excluding hydrogens is 256 g/mol. The van der Waals surface area contributed by atoms with Gasteiger partial charge in [0.15, 0.2) is 0 Å². The lowest BCUT2D eigenvalue weighted by Gasteiger charge is -2.34. The molecule has 5 nitrogen and oxygen atoms in total. The minimum absolute atomic E-state index is 0.00718. The van der Waals surface area contributed by atoms with Crippen molar-refractivity contribution in [2.75, 3.05) is 13.1 Å². The Labute approximate surface area is 120 Å². The number of nitrogens with one attached hydrogen (secondary N) is 1. The first-order chi connectivity index (χ1) is 9.56. The Morgan fingerprint density at radius 2 is 2.05 bits per heavy atom. The van der Waals surface area contributed by atoms with Crippen LogP contribution in [-0.4, -0.2) is 47.1 Å². The van der Waals surface area contributed by atoms with Gasteiger partial charge in [-0.3, -0.25) is 4.79 Å². The number of rotatable bonds is 5. The maximum atomic E-state index is 12.6. The zero-order valence-electron chi connectivity index (χ0n) is 12.5. The zero-order chi connectivity index (χ0) is 14.7. The first-order valence-corrected chi connectivity index (χ1v) is 7.82. The minimum Gasteiger partial charge on any atom is -0.480 e. The predicted octanol–water partition coefficient (Wildman–Crippen LogP) is 1.48. The Morgan fingerprint density at radius 3 is 2.70 bits per heavy atom. The second kappa shape index (κ2) is 6.57. The fourth-order valence-corrected chi connectivity index (χ4v) is 3.70. The molecule has 0 aromatic carbocycles. The Hall–Kier alpha value is -1.10. The molecule has 0 aromatic rings. The van der Waals surface area contributed by atoms with Crippen molar-refractivity contribution in [3.63, 3.8) is 0 Å². The van der Waals surface area contributed by atoms with Gasteiger partial charge in [0.05, 0.1) is 0 Å². The first kappa shape index (κ1) is 15.3. The van der Waals surface area contributed by atoms with Crippen molar-refractivity contribution in [1.82, 2.24) is 10.2 Å². The number of amides is 1. The van der Waals surface area contributed by atoms with Crippen molar-refractivity contribution in [3.05, 3.63) is 0 Å². The molecular formula is C15H26N2O3. The molecule has 2 N–H and O–H groups in total. The minimum atomic E-state index is -0.844. The Balaban J connectivity index is 2.12. The quantitative estimate of drug-likeness (QED) is 0.801. The van der Waals surface area contributed by atoms with E-state index in [4.69, 9.17) is 0 Å². The molecule has 0 spiro atoms. The highest BCUT2D eigenvalue weighted by molar-refractivity contribution is 5.86. The highest BCUT2D eigenvalue weighted by Crippen LogP contribution is 2.40.